The van der Waals surface area contributed by atoms with Crippen molar-refractivity contribution >= 4 is 39.1 Å². The number of likely N-dealkylation sites (tertiary alicyclic amines) is 1. The first-order valence-electron chi connectivity index (χ1n) is 9.69. The predicted molar refractivity (Wildman–Crippen MR) is 114 cm³/mol. The third-order valence-electron chi connectivity index (χ3n) is 5.14. The number of para-hydroxylation sites is 2. The number of aromatic nitrogens is 1. The molecular weight excluding hydrogens is 386 g/mol. The number of nitrogens with zero attached hydrogens (tertiary/aromatic N) is 2. The van der Waals surface area contributed by atoms with Gasteiger partial charge in [-0.25, -0.2) is 9.78 Å². The Hall–Kier alpha value is -2.77. The normalized spacial score (nSPS) is 17.2. The van der Waals surface area contributed by atoms with Crippen LogP contribution in [0.2, 0.25) is 0 Å². The first kappa shape index (κ1) is 19.5. The van der Waals surface area contributed by atoms with Crippen molar-refractivity contribution in [2.24, 2.45) is 0 Å². The van der Waals surface area contributed by atoms with Gasteiger partial charge < -0.3 is 10.1 Å². The van der Waals surface area contributed by atoms with Gasteiger partial charge in [0.1, 0.15) is 0 Å². The highest BCUT2D eigenvalue weighted by Gasteiger charge is 2.25. The molecule has 1 N–H and O–H groups in total. The van der Waals surface area contributed by atoms with Gasteiger partial charge in [-0.1, -0.05) is 24.3 Å². The zero-order valence-electron chi connectivity index (χ0n) is 16.3. The van der Waals surface area contributed by atoms with Gasteiger partial charge in [0.2, 0.25) is 5.91 Å². The lowest BCUT2D eigenvalue weighted by atomic mass is 9.99. The van der Waals surface area contributed by atoms with Crippen LogP contribution in [0.15, 0.2) is 48.5 Å². The molecule has 0 bridgehead atoms. The van der Waals surface area contributed by atoms with Gasteiger partial charge in [-0.15, -0.1) is 11.3 Å². The van der Waals surface area contributed by atoms with Crippen molar-refractivity contribution in [2.75, 3.05) is 32.1 Å². The van der Waals surface area contributed by atoms with Crippen molar-refractivity contribution in [3.63, 3.8) is 0 Å². The van der Waals surface area contributed by atoms with Gasteiger partial charge in [-0.3, -0.25) is 9.69 Å². The molecule has 1 aromatic heterocycles. The summed E-state index contributed by atoms with van der Waals surface area (Å²) < 4.78 is 6.00. The lowest BCUT2D eigenvalue weighted by Gasteiger charge is -2.31. The number of nitrogens with one attached hydrogen (secondary N) is 1. The molecule has 4 rings (SSSR count). The van der Waals surface area contributed by atoms with E-state index in [0.717, 1.165) is 36.5 Å². The third kappa shape index (κ3) is 4.46. The summed E-state index contributed by atoms with van der Waals surface area (Å²) in [6.45, 7) is 1.98. The van der Waals surface area contributed by atoms with Crippen molar-refractivity contribution in [3.05, 3.63) is 59.1 Å². The second kappa shape index (κ2) is 8.71. The second-order valence-corrected chi connectivity index (χ2v) is 8.24. The number of carbonyl (C=O) groups is 2. The maximum absolute atomic E-state index is 12.6. The summed E-state index contributed by atoms with van der Waals surface area (Å²) in [4.78, 5) is 31.5. The van der Waals surface area contributed by atoms with Crippen molar-refractivity contribution in [1.29, 1.82) is 0 Å². The fourth-order valence-corrected chi connectivity index (χ4v) is 4.83. The standard InChI is InChI=1S/C22H23N3O3S/c1-28-22(27)16-8-2-3-9-17(16)23-20(26)14-25-12-6-7-15(13-25)21-24-18-10-4-5-11-19(18)29-21/h2-5,8-11,15H,6-7,12-14H2,1H3,(H,23,26)/t15-/m1/s1. The third-order valence-corrected chi connectivity index (χ3v) is 6.34. The monoisotopic (exact) mass is 409 g/mol. The van der Waals surface area contributed by atoms with Crippen molar-refractivity contribution in [2.45, 2.75) is 18.8 Å². The number of thiazole rings is 1. The quantitative estimate of drug-likeness (QED) is 0.647. The highest BCUT2D eigenvalue weighted by atomic mass is 32.1. The van der Waals surface area contributed by atoms with Gasteiger partial charge in [0.25, 0.3) is 0 Å². The summed E-state index contributed by atoms with van der Waals surface area (Å²) in [5.41, 5.74) is 1.88. The number of fused-ring (bicyclic) bond motifs is 1. The maximum Gasteiger partial charge on any atom is 0.339 e. The topological polar surface area (TPSA) is 71.5 Å². The lowest BCUT2D eigenvalue weighted by molar-refractivity contribution is -0.117. The van der Waals surface area contributed by atoms with Crippen LogP contribution < -0.4 is 5.32 Å². The molecule has 1 atom stereocenters. The van der Waals surface area contributed by atoms with E-state index in [-0.39, 0.29) is 12.5 Å². The Morgan fingerprint density at radius 2 is 2.00 bits per heavy atom. The fourth-order valence-electron chi connectivity index (χ4n) is 3.74. The summed E-state index contributed by atoms with van der Waals surface area (Å²) in [6.07, 6.45) is 2.12. The zero-order valence-corrected chi connectivity index (χ0v) is 17.1. The van der Waals surface area contributed by atoms with Crippen LogP contribution in [0.25, 0.3) is 10.2 Å². The molecule has 1 fully saturated rings. The Balaban J connectivity index is 1.41. The molecule has 0 spiro atoms. The smallest absolute Gasteiger partial charge is 0.339 e. The van der Waals surface area contributed by atoms with Crippen molar-refractivity contribution in [3.8, 4) is 0 Å². The number of anilines is 1. The number of rotatable bonds is 5. The van der Waals surface area contributed by atoms with E-state index in [1.165, 1.54) is 11.8 Å². The fraction of sp³-hybridized carbons (Fsp3) is 0.318. The molecule has 1 aliphatic heterocycles. The average Bonchev–Trinajstić information content (AvgIpc) is 3.18. The van der Waals surface area contributed by atoms with E-state index in [9.17, 15) is 9.59 Å². The Morgan fingerprint density at radius 3 is 2.83 bits per heavy atom. The highest BCUT2D eigenvalue weighted by Crippen LogP contribution is 2.32. The molecule has 29 heavy (non-hydrogen) atoms. The van der Waals surface area contributed by atoms with E-state index in [1.54, 1.807) is 35.6 Å². The van der Waals surface area contributed by atoms with Gasteiger partial charge in [-0.05, 0) is 43.7 Å². The largest absolute Gasteiger partial charge is 0.465 e. The summed E-state index contributed by atoms with van der Waals surface area (Å²) >= 11 is 1.75. The molecule has 0 aliphatic carbocycles. The Morgan fingerprint density at radius 1 is 1.21 bits per heavy atom. The molecule has 2 heterocycles. The Kier molecular flexibility index (Phi) is 5.87. The van der Waals surface area contributed by atoms with Gasteiger partial charge >= 0.3 is 5.97 Å². The number of piperidine rings is 1. The minimum atomic E-state index is -0.463. The van der Waals surface area contributed by atoms with Crippen LogP contribution in [0.3, 0.4) is 0 Å². The van der Waals surface area contributed by atoms with Gasteiger partial charge in [-0.2, -0.15) is 0 Å². The summed E-state index contributed by atoms with van der Waals surface area (Å²) in [5, 5.41) is 4.00. The molecule has 150 valence electrons. The predicted octanol–water partition coefficient (Wildman–Crippen LogP) is 3.90. The van der Waals surface area contributed by atoms with E-state index >= 15 is 0 Å². The SMILES string of the molecule is COC(=O)c1ccccc1NC(=O)CN1CCC[C@@H](c2nc3ccccc3s2)C1. The summed E-state index contributed by atoms with van der Waals surface area (Å²) in [5.74, 6) is -0.252. The van der Waals surface area contributed by atoms with Crippen LogP contribution in [0.4, 0.5) is 5.69 Å². The number of methoxy groups -OCH3 is 1. The van der Waals surface area contributed by atoms with E-state index in [0.29, 0.717) is 17.2 Å². The minimum absolute atomic E-state index is 0.133. The number of ether oxygens (including phenoxy) is 1. The average molecular weight is 410 g/mol. The molecule has 1 aliphatic rings. The van der Waals surface area contributed by atoms with E-state index < -0.39 is 5.97 Å². The molecule has 0 unspecified atom stereocenters. The van der Waals surface area contributed by atoms with Crippen LogP contribution in [0.1, 0.15) is 34.1 Å². The first-order valence-corrected chi connectivity index (χ1v) is 10.5. The number of hydrogen-bond donors (Lipinski definition) is 1. The van der Waals surface area contributed by atoms with E-state index in [2.05, 4.69) is 16.3 Å². The maximum atomic E-state index is 12.6. The Bertz CT molecular complexity index is 1000. The first-order chi connectivity index (χ1) is 14.1. The molecule has 3 aromatic rings. The summed E-state index contributed by atoms with van der Waals surface area (Å²) in [7, 11) is 1.33. The number of amides is 1. The van der Waals surface area contributed by atoms with Crippen LogP contribution >= 0.6 is 11.3 Å². The van der Waals surface area contributed by atoms with Crippen LogP contribution in [-0.4, -0.2) is 48.5 Å². The highest BCUT2D eigenvalue weighted by molar-refractivity contribution is 7.18. The Labute approximate surface area is 173 Å². The number of benzene rings is 2. The number of esters is 1. The molecular formula is C22H23N3O3S. The van der Waals surface area contributed by atoms with Crippen LogP contribution in [0.5, 0.6) is 0 Å². The van der Waals surface area contributed by atoms with E-state index in [1.807, 2.05) is 18.2 Å². The summed E-state index contributed by atoms with van der Waals surface area (Å²) in [6, 6.07) is 15.1. The zero-order chi connectivity index (χ0) is 20.2. The molecule has 0 saturated carbocycles. The molecule has 1 saturated heterocycles. The minimum Gasteiger partial charge on any atom is -0.465 e. The van der Waals surface area contributed by atoms with Crippen LogP contribution in [0, 0.1) is 0 Å². The molecule has 2 aromatic carbocycles. The van der Waals surface area contributed by atoms with Crippen molar-refractivity contribution < 1.29 is 14.3 Å². The van der Waals surface area contributed by atoms with Crippen LogP contribution in [-0.2, 0) is 9.53 Å². The number of hydrogen-bond acceptors (Lipinski definition) is 6. The van der Waals surface area contributed by atoms with Gasteiger partial charge in [0, 0.05) is 12.5 Å². The van der Waals surface area contributed by atoms with Gasteiger partial charge in [0.05, 0.1) is 40.1 Å². The molecule has 1 amide bonds. The number of carbonyl (C=O) groups excluding carboxylic acids is 2. The lowest BCUT2D eigenvalue weighted by Crippen LogP contribution is -2.39. The van der Waals surface area contributed by atoms with E-state index in [4.69, 9.17) is 9.72 Å². The van der Waals surface area contributed by atoms with Gasteiger partial charge in [0.15, 0.2) is 0 Å². The molecule has 0 radical (unpaired) electrons. The molecule has 7 heteroatoms. The molecule has 6 nitrogen and oxygen atoms in total. The second-order valence-electron chi connectivity index (χ2n) is 7.18. The van der Waals surface area contributed by atoms with Crippen molar-refractivity contribution in [1.82, 2.24) is 9.88 Å².